The van der Waals surface area contributed by atoms with E-state index in [1.165, 1.54) is 25.7 Å². The van der Waals surface area contributed by atoms with Crippen molar-refractivity contribution in [1.29, 1.82) is 0 Å². The first kappa shape index (κ1) is 14.2. The second-order valence-electron chi connectivity index (χ2n) is 4.06. The van der Waals surface area contributed by atoms with Crippen LogP contribution in [-0.4, -0.2) is 13.2 Å². The summed E-state index contributed by atoms with van der Waals surface area (Å²) in [4.78, 5) is 0. The number of ether oxygens (including phenoxy) is 1. The van der Waals surface area contributed by atoms with E-state index in [0.717, 1.165) is 23.0 Å². The molecule has 0 bridgehead atoms. The van der Waals surface area contributed by atoms with E-state index in [-0.39, 0.29) is 0 Å². The Balaban J connectivity index is 2.47. The van der Waals surface area contributed by atoms with Gasteiger partial charge >= 0.3 is 0 Å². The molecule has 0 radical (unpaired) electrons. The third-order valence-electron chi connectivity index (χ3n) is 2.59. The van der Waals surface area contributed by atoms with Gasteiger partial charge in [0.1, 0.15) is 5.75 Å². The summed E-state index contributed by atoms with van der Waals surface area (Å²) in [6.45, 7) is 5.85. The summed E-state index contributed by atoms with van der Waals surface area (Å²) >= 11 is 5.98. The molecule has 0 spiro atoms. The fourth-order valence-corrected chi connectivity index (χ4v) is 1.87. The van der Waals surface area contributed by atoms with E-state index in [0.29, 0.717) is 6.61 Å². The van der Waals surface area contributed by atoms with Crippen molar-refractivity contribution in [3.8, 4) is 5.75 Å². The van der Waals surface area contributed by atoms with Gasteiger partial charge in [-0.2, -0.15) is 0 Å². The van der Waals surface area contributed by atoms with Gasteiger partial charge in [-0.05, 0) is 31.5 Å². The van der Waals surface area contributed by atoms with Crippen molar-refractivity contribution < 1.29 is 4.74 Å². The van der Waals surface area contributed by atoms with Crippen LogP contribution in [0.2, 0.25) is 5.02 Å². The molecule has 1 rings (SSSR count). The zero-order valence-corrected chi connectivity index (χ0v) is 11.5. The molecular weight excluding hydrogens is 234 g/mol. The number of unbranched alkanes of at least 4 members (excludes halogenated alkanes) is 3. The minimum atomic E-state index is 0.673. The van der Waals surface area contributed by atoms with E-state index >= 15 is 0 Å². The van der Waals surface area contributed by atoms with Crippen LogP contribution < -0.4 is 10.1 Å². The topological polar surface area (TPSA) is 21.3 Å². The molecule has 1 aromatic carbocycles. The zero-order valence-electron chi connectivity index (χ0n) is 10.8. The van der Waals surface area contributed by atoms with Gasteiger partial charge in [0, 0.05) is 11.6 Å². The van der Waals surface area contributed by atoms with Gasteiger partial charge in [-0.25, -0.2) is 0 Å². The SMILES string of the molecule is CCCCCCNc1cc(Cl)ccc1OCC. The Labute approximate surface area is 109 Å². The van der Waals surface area contributed by atoms with Crippen molar-refractivity contribution in [3.63, 3.8) is 0 Å². The second-order valence-corrected chi connectivity index (χ2v) is 4.50. The highest BCUT2D eigenvalue weighted by Gasteiger charge is 2.03. The maximum atomic E-state index is 5.98. The van der Waals surface area contributed by atoms with Gasteiger partial charge in [-0.1, -0.05) is 37.8 Å². The fourth-order valence-electron chi connectivity index (χ4n) is 1.70. The van der Waals surface area contributed by atoms with Gasteiger partial charge in [0.05, 0.1) is 12.3 Å². The molecule has 0 atom stereocenters. The first-order valence-electron chi connectivity index (χ1n) is 6.44. The van der Waals surface area contributed by atoms with Gasteiger partial charge in [-0.3, -0.25) is 0 Å². The predicted octanol–water partition coefficient (Wildman–Crippen LogP) is 4.73. The molecule has 0 aliphatic carbocycles. The largest absolute Gasteiger partial charge is 0.492 e. The Morgan fingerprint density at radius 2 is 2.00 bits per heavy atom. The molecule has 1 N–H and O–H groups in total. The van der Waals surface area contributed by atoms with E-state index in [4.69, 9.17) is 16.3 Å². The highest BCUT2D eigenvalue weighted by atomic mass is 35.5. The summed E-state index contributed by atoms with van der Waals surface area (Å²) in [7, 11) is 0. The molecule has 0 saturated heterocycles. The number of anilines is 1. The molecule has 0 fully saturated rings. The number of hydrogen-bond acceptors (Lipinski definition) is 2. The van der Waals surface area contributed by atoms with Crippen LogP contribution in [0.4, 0.5) is 5.69 Å². The molecule has 3 heteroatoms. The molecule has 1 aromatic rings. The molecule has 0 heterocycles. The van der Waals surface area contributed by atoms with Crippen LogP contribution in [0.1, 0.15) is 39.5 Å². The van der Waals surface area contributed by atoms with E-state index < -0.39 is 0 Å². The van der Waals surface area contributed by atoms with Crippen LogP contribution in [0.15, 0.2) is 18.2 Å². The molecule has 0 saturated carbocycles. The van der Waals surface area contributed by atoms with Crippen molar-refractivity contribution in [1.82, 2.24) is 0 Å². The van der Waals surface area contributed by atoms with Crippen LogP contribution >= 0.6 is 11.6 Å². The Morgan fingerprint density at radius 1 is 1.18 bits per heavy atom. The summed E-state index contributed by atoms with van der Waals surface area (Å²) in [5, 5.41) is 4.13. The monoisotopic (exact) mass is 255 g/mol. The van der Waals surface area contributed by atoms with E-state index in [1.54, 1.807) is 0 Å². The maximum absolute atomic E-state index is 5.98. The summed E-state index contributed by atoms with van der Waals surface area (Å²) < 4.78 is 5.55. The average molecular weight is 256 g/mol. The third-order valence-corrected chi connectivity index (χ3v) is 2.82. The van der Waals surface area contributed by atoms with Crippen LogP contribution in [0.5, 0.6) is 5.75 Å². The molecular formula is C14H22ClNO. The number of benzene rings is 1. The van der Waals surface area contributed by atoms with E-state index in [9.17, 15) is 0 Å². The number of nitrogens with one attached hydrogen (secondary N) is 1. The molecule has 96 valence electrons. The molecule has 0 amide bonds. The summed E-state index contributed by atoms with van der Waals surface area (Å²) in [5.41, 5.74) is 0.996. The molecule has 2 nitrogen and oxygen atoms in total. The smallest absolute Gasteiger partial charge is 0.142 e. The lowest BCUT2D eigenvalue weighted by atomic mass is 10.2. The summed E-state index contributed by atoms with van der Waals surface area (Å²) in [6.07, 6.45) is 5.02. The Kier molecular flexibility index (Phi) is 6.87. The van der Waals surface area contributed by atoms with Gasteiger partial charge in [-0.15, -0.1) is 0 Å². The highest BCUT2D eigenvalue weighted by molar-refractivity contribution is 6.30. The predicted molar refractivity (Wildman–Crippen MR) is 75.3 cm³/mol. The Morgan fingerprint density at radius 3 is 2.71 bits per heavy atom. The minimum Gasteiger partial charge on any atom is -0.492 e. The first-order valence-corrected chi connectivity index (χ1v) is 6.82. The normalized spacial score (nSPS) is 10.3. The standard InChI is InChI=1S/C14H22ClNO/c1-3-5-6-7-10-16-13-11-12(15)8-9-14(13)17-4-2/h8-9,11,16H,3-7,10H2,1-2H3. The first-order chi connectivity index (χ1) is 8.27. The molecule has 0 aromatic heterocycles. The second kappa shape index (κ2) is 8.24. The van der Waals surface area contributed by atoms with Crippen molar-refractivity contribution >= 4 is 17.3 Å². The lowest BCUT2D eigenvalue weighted by Crippen LogP contribution is -2.04. The Hall–Kier alpha value is -0.890. The summed E-state index contributed by atoms with van der Waals surface area (Å²) in [6, 6.07) is 5.70. The summed E-state index contributed by atoms with van der Waals surface area (Å²) in [5.74, 6) is 0.882. The zero-order chi connectivity index (χ0) is 12.5. The molecule has 0 aliphatic rings. The maximum Gasteiger partial charge on any atom is 0.142 e. The van der Waals surface area contributed by atoms with E-state index in [2.05, 4.69) is 12.2 Å². The molecule has 0 aliphatic heterocycles. The van der Waals surface area contributed by atoms with Gasteiger partial charge in [0.15, 0.2) is 0 Å². The number of hydrogen-bond donors (Lipinski definition) is 1. The van der Waals surface area contributed by atoms with Crippen LogP contribution in [0.3, 0.4) is 0 Å². The molecule has 0 unspecified atom stereocenters. The minimum absolute atomic E-state index is 0.673. The number of rotatable bonds is 8. The van der Waals surface area contributed by atoms with Crippen LogP contribution in [0.25, 0.3) is 0 Å². The van der Waals surface area contributed by atoms with E-state index in [1.807, 2.05) is 25.1 Å². The van der Waals surface area contributed by atoms with Crippen molar-refractivity contribution in [3.05, 3.63) is 23.2 Å². The van der Waals surface area contributed by atoms with Crippen molar-refractivity contribution in [2.45, 2.75) is 39.5 Å². The average Bonchev–Trinajstić information content (AvgIpc) is 2.32. The Bertz CT molecular complexity index is 328. The highest BCUT2D eigenvalue weighted by Crippen LogP contribution is 2.28. The third kappa shape index (κ3) is 5.31. The van der Waals surface area contributed by atoms with Crippen LogP contribution in [-0.2, 0) is 0 Å². The van der Waals surface area contributed by atoms with Crippen LogP contribution in [0, 0.1) is 0 Å². The molecule has 17 heavy (non-hydrogen) atoms. The van der Waals surface area contributed by atoms with Crippen molar-refractivity contribution in [2.24, 2.45) is 0 Å². The lowest BCUT2D eigenvalue weighted by Gasteiger charge is -2.12. The quantitative estimate of drug-likeness (QED) is 0.678. The fraction of sp³-hybridized carbons (Fsp3) is 0.571. The lowest BCUT2D eigenvalue weighted by molar-refractivity contribution is 0.341. The van der Waals surface area contributed by atoms with Crippen molar-refractivity contribution in [2.75, 3.05) is 18.5 Å². The van der Waals surface area contributed by atoms with Gasteiger partial charge < -0.3 is 10.1 Å². The number of halogens is 1. The van der Waals surface area contributed by atoms with Gasteiger partial charge in [0.2, 0.25) is 0 Å². The van der Waals surface area contributed by atoms with Gasteiger partial charge in [0.25, 0.3) is 0 Å².